The van der Waals surface area contributed by atoms with Gasteiger partial charge in [0, 0.05) is 26.2 Å². The van der Waals surface area contributed by atoms with Gasteiger partial charge >= 0.3 is 0 Å². The van der Waals surface area contributed by atoms with Gasteiger partial charge in [0.25, 0.3) is 0 Å². The lowest BCUT2D eigenvalue weighted by Crippen LogP contribution is -2.08. The van der Waals surface area contributed by atoms with Gasteiger partial charge in [-0.05, 0) is 32.0 Å². The molecule has 2 rings (SSSR count). The van der Waals surface area contributed by atoms with Crippen LogP contribution in [0.4, 0.5) is 0 Å². The first kappa shape index (κ1) is 12.4. The van der Waals surface area contributed by atoms with E-state index in [1.165, 1.54) is 23.5 Å². The van der Waals surface area contributed by atoms with Crippen molar-refractivity contribution in [2.75, 3.05) is 13.6 Å². The van der Waals surface area contributed by atoms with Crippen LogP contribution in [0.15, 0.2) is 11.4 Å². The van der Waals surface area contributed by atoms with Gasteiger partial charge in [0.15, 0.2) is 3.95 Å². The van der Waals surface area contributed by atoms with Crippen molar-refractivity contribution in [3.05, 3.63) is 20.3 Å². The van der Waals surface area contributed by atoms with Crippen molar-refractivity contribution >= 4 is 29.6 Å². The SMILES string of the molecule is CCn1c(O)c(C=C=C2CCCN2C)sc1=S. The second kappa shape index (κ2) is 5.08. The average molecular weight is 268 g/mol. The van der Waals surface area contributed by atoms with Crippen LogP contribution in [0.1, 0.15) is 24.6 Å². The van der Waals surface area contributed by atoms with Crippen molar-refractivity contribution in [1.29, 1.82) is 0 Å². The molecule has 0 aromatic carbocycles. The van der Waals surface area contributed by atoms with Crippen molar-refractivity contribution in [3.63, 3.8) is 0 Å². The first-order valence-electron chi connectivity index (χ1n) is 5.72. The zero-order valence-electron chi connectivity index (χ0n) is 10.1. The van der Waals surface area contributed by atoms with Crippen molar-refractivity contribution < 1.29 is 5.11 Å². The molecule has 0 unspecified atom stereocenters. The molecule has 0 amide bonds. The Bertz CT molecular complexity index is 535. The van der Waals surface area contributed by atoms with Gasteiger partial charge in [-0.25, -0.2) is 0 Å². The van der Waals surface area contributed by atoms with E-state index in [2.05, 4.69) is 17.7 Å². The van der Waals surface area contributed by atoms with Crippen molar-refractivity contribution in [3.8, 4) is 5.88 Å². The van der Waals surface area contributed by atoms with Crippen molar-refractivity contribution in [2.24, 2.45) is 0 Å². The molecule has 1 saturated heterocycles. The molecule has 1 fully saturated rings. The maximum absolute atomic E-state index is 9.96. The summed E-state index contributed by atoms with van der Waals surface area (Å²) in [6.45, 7) is 3.76. The number of rotatable bonds is 2. The molecule has 0 bridgehead atoms. The lowest BCUT2D eigenvalue weighted by Gasteiger charge is -2.08. The summed E-state index contributed by atoms with van der Waals surface area (Å²) < 4.78 is 2.44. The number of nitrogens with zero attached hydrogens (tertiary/aromatic N) is 2. The minimum absolute atomic E-state index is 0.260. The third-order valence-electron chi connectivity index (χ3n) is 2.95. The lowest BCUT2D eigenvalue weighted by molar-refractivity contribution is 0.419. The van der Waals surface area contributed by atoms with Crippen LogP contribution in [0.2, 0.25) is 0 Å². The monoisotopic (exact) mass is 268 g/mol. The van der Waals surface area contributed by atoms with Gasteiger partial charge in [-0.3, -0.25) is 4.57 Å². The van der Waals surface area contributed by atoms with Crippen LogP contribution < -0.4 is 0 Å². The largest absolute Gasteiger partial charge is 0.493 e. The number of allylic oxidation sites excluding steroid dienone is 1. The maximum atomic E-state index is 9.96. The van der Waals surface area contributed by atoms with E-state index < -0.39 is 0 Å². The summed E-state index contributed by atoms with van der Waals surface area (Å²) in [5, 5.41) is 9.96. The Balaban J connectivity index is 2.37. The summed E-state index contributed by atoms with van der Waals surface area (Å²) in [6.07, 6.45) is 4.09. The molecule has 1 aliphatic heterocycles. The van der Waals surface area contributed by atoms with Crippen LogP contribution in [0.5, 0.6) is 5.88 Å². The van der Waals surface area contributed by atoms with E-state index in [9.17, 15) is 5.11 Å². The minimum Gasteiger partial charge on any atom is -0.493 e. The van der Waals surface area contributed by atoms with E-state index in [1.54, 1.807) is 4.57 Å². The highest BCUT2D eigenvalue weighted by Gasteiger charge is 2.12. The highest BCUT2D eigenvalue weighted by atomic mass is 32.1. The van der Waals surface area contributed by atoms with E-state index in [1.807, 2.05) is 13.0 Å². The Morgan fingerprint density at radius 3 is 2.88 bits per heavy atom. The number of hydrogen-bond donors (Lipinski definition) is 1. The van der Waals surface area contributed by atoms with Crippen molar-refractivity contribution in [1.82, 2.24) is 9.47 Å². The fourth-order valence-electron chi connectivity index (χ4n) is 1.93. The molecule has 1 aliphatic rings. The summed E-state index contributed by atoms with van der Waals surface area (Å²) in [4.78, 5) is 2.99. The van der Waals surface area contributed by atoms with E-state index in [-0.39, 0.29) is 5.88 Å². The highest BCUT2D eigenvalue weighted by Crippen LogP contribution is 2.27. The zero-order chi connectivity index (χ0) is 12.4. The third kappa shape index (κ3) is 2.46. The first-order chi connectivity index (χ1) is 8.13. The number of hydrogen-bond acceptors (Lipinski definition) is 4. The Morgan fingerprint density at radius 1 is 1.59 bits per heavy atom. The number of thiazole rings is 1. The van der Waals surface area contributed by atoms with Crippen LogP contribution in [-0.2, 0) is 6.54 Å². The van der Waals surface area contributed by atoms with Crippen LogP contribution in [-0.4, -0.2) is 28.2 Å². The summed E-state index contributed by atoms with van der Waals surface area (Å²) in [5.41, 5.74) is 4.46. The fourth-order valence-corrected chi connectivity index (χ4v) is 3.25. The third-order valence-corrected chi connectivity index (χ3v) is 4.33. The fraction of sp³-hybridized carbons (Fsp3) is 0.500. The van der Waals surface area contributed by atoms with Gasteiger partial charge < -0.3 is 10.0 Å². The maximum Gasteiger partial charge on any atom is 0.211 e. The van der Waals surface area contributed by atoms with E-state index in [0.29, 0.717) is 10.5 Å². The van der Waals surface area contributed by atoms with Crippen LogP contribution in [0.3, 0.4) is 0 Å². The Morgan fingerprint density at radius 2 is 2.35 bits per heavy atom. The second-order valence-electron chi connectivity index (χ2n) is 4.06. The summed E-state index contributed by atoms with van der Waals surface area (Å²) in [7, 11) is 2.07. The topological polar surface area (TPSA) is 28.4 Å². The van der Waals surface area contributed by atoms with Gasteiger partial charge in [0.05, 0.1) is 10.6 Å². The normalized spacial score (nSPS) is 15.2. The molecule has 0 saturated carbocycles. The molecule has 1 aromatic heterocycles. The molecule has 0 spiro atoms. The van der Waals surface area contributed by atoms with E-state index in [4.69, 9.17) is 12.2 Å². The number of aromatic nitrogens is 1. The summed E-state index contributed by atoms with van der Waals surface area (Å²) >= 11 is 6.62. The lowest BCUT2D eigenvalue weighted by atomic mass is 10.3. The smallest absolute Gasteiger partial charge is 0.211 e. The highest BCUT2D eigenvalue weighted by molar-refractivity contribution is 7.73. The molecule has 3 nitrogen and oxygen atoms in total. The summed E-state index contributed by atoms with van der Waals surface area (Å²) in [6, 6.07) is 0. The van der Waals surface area contributed by atoms with Crippen molar-refractivity contribution in [2.45, 2.75) is 26.3 Å². The molecule has 2 heterocycles. The molecule has 0 radical (unpaired) electrons. The predicted octanol–water partition coefficient (Wildman–Crippen LogP) is 3.23. The van der Waals surface area contributed by atoms with Gasteiger partial charge in [-0.1, -0.05) is 5.73 Å². The van der Waals surface area contributed by atoms with Gasteiger partial charge in [-0.2, -0.15) is 0 Å². The Hall–Kier alpha value is -1.03. The first-order valence-corrected chi connectivity index (χ1v) is 6.95. The molecule has 17 heavy (non-hydrogen) atoms. The molecule has 1 aromatic rings. The number of likely N-dealkylation sites (tertiary alicyclic amines) is 1. The molecule has 92 valence electrons. The Labute approximate surface area is 110 Å². The van der Waals surface area contributed by atoms with Crippen LogP contribution >= 0.6 is 23.6 Å². The van der Waals surface area contributed by atoms with Gasteiger partial charge in [-0.15, -0.1) is 11.3 Å². The van der Waals surface area contributed by atoms with E-state index >= 15 is 0 Å². The Kier molecular flexibility index (Phi) is 3.72. The molecule has 1 N–H and O–H groups in total. The minimum atomic E-state index is 0.260. The molecule has 0 atom stereocenters. The van der Waals surface area contributed by atoms with Crippen LogP contribution in [0.25, 0.3) is 6.08 Å². The van der Waals surface area contributed by atoms with Gasteiger partial charge in [0.2, 0.25) is 5.88 Å². The van der Waals surface area contributed by atoms with E-state index in [0.717, 1.165) is 17.8 Å². The summed E-state index contributed by atoms with van der Waals surface area (Å²) in [5.74, 6) is 0.260. The molecular formula is C12H16N2OS2. The average Bonchev–Trinajstić information content (AvgIpc) is 2.81. The molecule has 5 heteroatoms. The standard InChI is InChI=1S/C12H16N2OS2/c1-3-14-11(15)10(17-12(14)16)7-6-9-5-4-8-13(9)2/h7,15H,3-5,8H2,1-2H3. The zero-order valence-corrected chi connectivity index (χ0v) is 11.7. The molecular weight excluding hydrogens is 252 g/mol. The quantitative estimate of drug-likeness (QED) is 0.659. The van der Waals surface area contributed by atoms with Crippen LogP contribution in [0, 0.1) is 3.95 Å². The molecule has 0 aliphatic carbocycles. The predicted molar refractivity (Wildman–Crippen MR) is 73.8 cm³/mol. The van der Waals surface area contributed by atoms with Gasteiger partial charge in [0.1, 0.15) is 0 Å². The number of aromatic hydroxyl groups is 1. The second-order valence-corrected chi connectivity index (χ2v) is 5.74.